The fourth-order valence-corrected chi connectivity index (χ4v) is 1.57. The molecule has 1 heterocycles. The number of halogens is 1. The van der Waals surface area contributed by atoms with Gasteiger partial charge < -0.3 is 0 Å². The van der Waals surface area contributed by atoms with Gasteiger partial charge in [-0.2, -0.15) is 0 Å². The van der Waals surface area contributed by atoms with Crippen LogP contribution < -0.4 is 0 Å². The number of thiazole rings is 1. The standard InChI is InChI=1S/C7H10ClNS/c1-7(2,3)6-9-4-5(8)10-6/h4H,1-3H3. The predicted molar refractivity (Wildman–Crippen MR) is 45.8 cm³/mol. The predicted octanol–water partition coefficient (Wildman–Crippen LogP) is 3.09. The smallest absolute Gasteiger partial charge is 0.113 e. The molecular formula is C7H10ClNS. The van der Waals surface area contributed by atoms with Crippen molar-refractivity contribution >= 4 is 22.9 Å². The molecule has 1 aromatic rings. The minimum absolute atomic E-state index is 0.137. The lowest BCUT2D eigenvalue weighted by atomic mass is 9.98. The molecule has 0 N–H and O–H groups in total. The van der Waals surface area contributed by atoms with Crippen molar-refractivity contribution in [3.8, 4) is 0 Å². The summed E-state index contributed by atoms with van der Waals surface area (Å²) in [5.74, 6) is 0. The van der Waals surface area contributed by atoms with E-state index in [0.717, 1.165) is 9.34 Å². The van der Waals surface area contributed by atoms with Crippen LogP contribution in [0.2, 0.25) is 4.34 Å². The van der Waals surface area contributed by atoms with Gasteiger partial charge in [-0.1, -0.05) is 32.4 Å². The van der Waals surface area contributed by atoms with Crippen LogP contribution in [0, 0.1) is 0 Å². The Morgan fingerprint density at radius 2 is 2.10 bits per heavy atom. The molecule has 0 aromatic carbocycles. The fourth-order valence-electron chi connectivity index (χ4n) is 0.601. The first kappa shape index (κ1) is 8.02. The van der Waals surface area contributed by atoms with Gasteiger partial charge in [0.1, 0.15) is 4.34 Å². The monoisotopic (exact) mass is 175 g/mol. The Hall–Kier alpha value is -0.0800. The largest absolute Gasteiger partial charge is 0.248 e. The van der Waals surface area contributed by atoms with Gasteiger partial charge in [0, 0.05) is 5.41 Å². The van der Waals surface area contributed by atoms with Crippen LogP contribution in [0.3, 0.4) is 0 Å². The van der Waals surface area contributed by atoms with Crippen molar-refractivity contribution in [1.29, 1.82) is 0 Å². The van der Waals surface area contributed by atoms with Crippen LogP contribution in [-0.4, -0.2) is 4.98 Å². The third-order valence-electron chi connectivity index (χ3n) is 1.12. The molecule has 56 valence electrons. The maximum atomic E-state index is 5.72. The Bertz CT molecular complexity index is 224. The lowest BCUT2D eigenvalue weighted by molar-refractivity contribution is 0.585. The normalized spacial score (nSPS) is 12.0. The Morgan fingerprint density at radius 1 is 1.50 bits per heavy atom. The van der Waals surface area contributed by atoms with Gasteiger partial charge in [0.2, 0.25) is 0 Å². The first-order valence-electron chi connectivity index (χ1n) is 3.12. The summed E-state index contributed by atoms with van der Waals surface area (Å²) in [6.45, 7) is 6.38. The van der Waals surface area contributed by atoms with E-state index in [2.05, 4.69) is 25.8 Å². The molecule has 0 aliphatic rings. The Kier molecular flexibility index (Phi) is 2.02. The highest BCUT2D eigenvalue weighted by atomic mass is 35.5. The third kappa shape index (κ3) is 1.70. The van der Waals surface area contributed by atoms with Crippen molar-refractivity contribution in [2.75, 3.05) is 0 Å². The molecule has 0 spiro atoms. The first-order valence-corrected chi connectivity index (χ1v) is 4.31. The van der Waals surface area contributed by atoms with E-state index in [0.29, 0.717) is 0 Å². The van der Waals surface area contributed by atoms with Crippen LogP contribution in [0.1, 0.15) is 25.8 Å². The number of aromatic nitrogens is 1. The van der Waals surface area contributed by atoms with Gasteiger partial charge in [-0.05, 0) is 0 Å². The summed E-state index contributed by atoms with van der Waals surface area (Å²) in [5.41, 5.74) is 0.137. The summed E-state index contributed by atoms with van der Waals surface area (Å²) in [6, 6.07) is 0. The van der Waals surface area contributed by atoms with Crippen molar-refractivity contribution in [1.82, 2.24) is 4.98 Å². The maximum Gasteiger partial charge on any atom is 0.113 e. The average Bonchev–Trinajstić information content (AvgIpc) is 2.11. The molecule has 0 unspecified atom stereocenters. The summed E-state index contributed by atoms with van der Waals surface area (Å²) < 4.78 is 0.768. The second-order valence-electron chi connectivity index (χ2n) is 3.22. The van der Waals surface area contributed by atoms with Crippen molar-refractivity contribution < 1.29 is 0 Å². The van der Waals surface area contributed by atoms with Crippen LogP contribution in [0.25, 0.3) is 0 Å². The molecule has 0 saturated carbocycles. The van der Waals surface area contributed by atoms with Crippen LogP contribution >= 0.6 is 22.9 Å². The number of nitrogens with zero attached hydrogens (tertiary/aromatic N) is 1. The number of rotatable bonds is 0. The van der Waals surface area contributed by atoms with E-state index in [1.54, 1.807) is 17.5 Å². The van der Waals surface area contributed by atoms with Gasteiger partial charge in [-0.25, -0.2) is 4.98 Å². The van der Waals surface area contributed by atoms with E-state index < -0.39 is 0 Å². The van der Waals surface area contributed by atoms with Crippen LogP contribution in [0.5, 0.6) is 0 Å². The molecule has 1 nitrogen and oxygen atoms in total. The topological polar surface area (TPSA) is 12.9 Å². The van der Waals surface area contributed by atoms with Crippen LogP contribution in [0.4, 0.5) is 0 Å². The molecule has 0 amide bonds. The van der Waals surface area contributed by atoms with Crippen LogP contribution in [-0.2, 0) is 5.41 Å². The lowest BCUT2D eigenvalue weighted by Gasteiger charge is -2.12. The molecule has 0 radical (unpaired) electrons. The number of hydrogen-bond acceptors (Lipinski definition) is 2. The van der Waals surface area contributed by atoms with Crippen molar-refractivity contribution in [3.05, 3.63) is 15.5 Å². The quantitative estimate of drug-likeness (QED) is 0.591. The summed E-state index contributed by atoms with van der Waals surface area (Å²) >= 11 is 7.27. The minimum Gasteiger partial charge on any atom is -0.248 e. The van der Waals surface area contributed by atoms with Gasteiger partial charge in [0.25, 0.3) is 0 Å². The van der Waals surface area contributed by atoms with Gasteiger partial charge in [-0.3, -0.25) is 0 Å². The highest BCUT2D eigenvalue weighted by Crippen LogP contribution is 2.28. The Labute approximate surface area is 70.1 Å². The second-order valence-corrected chi connectivity index (χ2v) is 4.88. The third-order valence-corrected chi connectivity index (χ3v) is 2.66. The summed E-state index contributed by atoms with van der Waals surface area (Å²) in [5, 5.41) is 1.09. The maximum absolute atomic E-state index is 5.72. The van der Waals surface area contributed by atoms with E-state index in [9.17, 15) is 0 Å². The lowest BCUT2D eigenvalue weighted by Crippen LogP contribution is -2.09. The summed E-state index contributed by atoms with van der Waals surface area (Å²) in [4.78, 5) is 4.17. The molecular weight excluding hydrogens is 166 g/mol. The zero-order valence-corrected chi connectivity index (χ0v) is 7.88. The molecule has 1 aromatic heterocycles. The molecule has 1 rings (SSSR count). The van der Waals surface area contributed by atoms with Crippen molar-refractivity contribution in [2.24, 2.45) is 0 Å². The molecule has 0 aliphatic carbocycles. The molecule has 0 aliphatic heterocycles. The van der Waals surface area contributed by atoms with E-state index in [1.165, 1.54) is 0 Å². The Morgan fingerprint density at radius 3 is 2.30 bits per heavy atom. The first-order chi connectivity index (χ1) is 4.50. The van der Waals surface area contributed by atoms with Gasteiger partial charge in [-0.15, -0.1) is 11.3 Å². The Balaban J connectivity index is 2.96. The highest BCUT2D eigenvalue weighted by molar-refractivity contribution is 7.15. The van der Waals surface area contributed by atoms with Gasteiger partial charge in [0.05, 0.1) is 11.2 Å². The van der Waals surface area contributed by atoms with Crippen molar-refractivity contribution in [2.45, 2.75) is 26.2 Å². The van der Waals surface area contributed by atoms with Crippen molar-refractivity contribution in [3.63, 3.8) is 0 Å². The summed E-state index contributed by atoms with van der Waals surface area (Å²) in [7, 11) is 0. The average molecular weight is 176 g/mol. The molecule has 0 fully saturated rings. The van der Waals surface area contributed by atoms with E-state index in [4.69, 9.17) is 11.6 Å². The van der Waals surface area contributed by atoms with E-state index >= 15 is 0 Å². The second kappa shape index (κ2) is 2.51. The van der Waals surface area contributed by atoms with E-state index in [1.807, 2.05) is 0 Å². The minimum atomic E-state index is 0.137. The molecule has 0 atom stereocenters. The van der Waals surface area contributed by atoms with Gasteiger partial charge >= 0.3 is 0 Å². The van der Waals surface area contributed by atoms with E-state index in [-0.39, 0.29) is 5.41 Å². The highest BCUT2D eigenvalue weighted by Gasteiger charge is 2.17. The SMILES string of the molecule is CC(C)(C)c1ncc(Cl)s1. The zero-order chi connectivity index (χ0) is 7.78. The zero-order valence-electron chi connectivity index (χ0n) is 6.31. The molecule has 3 heteroatoms. The number of hydrogen-bond donors (Lipinski definition) is 0. The van der Waals surface area contributed by atoms with Crippen LogP contribution in [0.15, 0.2) is 6.20 Å². The van der Waals surface area contributed by atoms with Gasteiger partial charge in [0.15, 0.2) is 0 Å². The fraction of sp³-hybridized carbons (Fsp3) is 0.571. The molecule has 10 heavy (non-hydrogen) atoms. The molecule has 0 bridgehead atoms. The summed E-state index contributed by atoms with van der Waals surface area (Å²) in [6.07, 6.45) is 1.70. The molecule has 0 saturated heterocycles.